The number of rotatable bonds is 10. The lowest BCUT2D eigenvalue weighted by Crippen LogP contribution is -2.31. The smallest absolute Gasteiger partial charge is 0.119 e. The summed E-state index contributed by atoms with van der Waals surface area (Å²) >= 11 is 0. The third-order valence-electron chi connectivity index (χ3n) is 5.33. The number of benzene rings is 2. The van der Waals surface area contributed by atoms with Gasteiger partial charge in [-0.1, -0.05) is 75.4 Å². The van der Waals surface area contributed by atoms with Crippen molar-refractivity contribution in [3.05, 3.63) is 65.2 Å². The topological polar surface area (TPSA) is 21.3 Å². The van der Waals surface area contributed by atoms with Crippen LogP contribution in [0.2, 0.25) is 0 Å². The highest BCUT2D eigenvalue weighted by Gasteiger charge is 2.20. The fraction of sp³-hybridized carbons (Fsp3) is 0.500. The molecular weight excluding hydrogens is 318 g/mol. The molecule has 140 valence electrons. The van der Waals surface area contributed by atoms with Gasteiger partial charge in [0.2, 0.25) is 0 Å². The summed E-state index contributed by atoms with van der Waals surface area (Å²) < 4.78 is 6.05. The van der Waals surface area contributed by atoms with Crippen LogP contribution in [0.15, 0.2) is 48.5 Å². The Labute approximate surface area is 159 Å². The van der Waals surface area contributed by atoms with Crippen molar-refractivity contribution in [1.82, 2.24) is 5.32 Å². The van der Waals surface area contributed by atoms with Crippen molar-refractivity contribution >= 4 is 0 Å². The first-order chi connectivity index (χ1) is 12.9. The molecule has 0 aliphatic carbocycles. The minimum atomic E-state index is 0.388. The van der Waals surface area contributed by atoms with E-state index >= 15 is 0 Å². The van der Waals surface area contributed by atoms with E-state index in [9.17, 15) is 0 Å². The Kier molecular flexibility index (Phi) is 7.57. The van der Waals surface area contributed by atoms with Gasteiger partial charge in [0.1, 0.15) is 5.75 Å². The Hall–Kier alpha value is -1.80. The standard InChI is InChI=1S/C24H33NO/c1-2-3-4-5-6-10-17-26-22-14-13-21-15-16-25-24(23(21)19-22)18-20-11-8-7-9-12-20/h7-9,11-14,19,24-25H,2-6,10,15-18H2,1H3. The maximum Gasteiger partial charge on any atom is 0.119 e. The van der Waals surface area contributed by atoms with Gasteiger partial charge in [-0.3, -0.25) is 0 Å². The SMILES string of the molecule is CCCCCCCCOc1ccc2c(c1)C(Cc1ccccc1)NCC2. The Balaban J connectivity index is 1.54. The summed E-state index contributed by atoms with van der Waals surface area (Å²) in [6, 6.07) is 17.8. The number of ether oxygens (including phenoxy) is 1. The molecule has 2 aromatic carbocycles. The highest BCUT2D eigenvalue weighted by atomic mass is 16.5. The molecule has 0 spiro atoms. The molecule has 0 radical (unpaired) electrons. The summed E-state index contributed by atoms with van der Waals surface area (Å²) in [5.74, 6) is 1.03. The largest absolute Gasteiger partial charge is 0.494 e. The van der Waals surface area contributed by atoms with Gasteiger partial charge in [0.15, 0.2) is 0 Å². The molecule has 0 saturated heterocycles. The maximum atomic E-state index is 6.05. The molecule has 0 saturated carbocycles. The molecule has 1 unspecified atom stereocenters. The summed E-state index contributed by atoms with van der Waals surface area (Å²) in [5.41, 5.74) is 4.27. The van der Waals surface area contributed by atoms with Crippen molar-refractivity contribution in [3.63, 3.8) is 0 Å². The van der Waals surface area contributed by atoms with Crippen LogP contribution in [-0.2, 0) is 12.8 Å². The van der Waals surface area contributed by atoms with Gasteiger partial charge in [-0.05, 0) is 54.6 Å². The molecular formula is C24H33NO. The predicted molar refractivity (Wildman–Crippen MR) is 110 cm³/mol. The van der Waals surface area contributed by atoms with Crippen LogP contribution in [0.5, 0.6) is 5.75 Å². The van der Waals surface area contributed by atoms with Crippen LogP contribution >= 0.6 is 0 Å². The van der Waals surface area contributed by atoms with E-state index in [0.717, 1.165) is 38.2 Å². The highest BCUT2D eigenvalue weighted by molar-refractivity contribution is 5.40. The van der Waals surface area contributed by atoms with Gasteiger partial charge in [0.05, 0.1) is 6.61 Å². The second-order valence-electron chi connectivity index (χ2n) is 7.42. The average Bonchev–Trinajstić information content (AvgIpc) is 2.68. The fourth-order valence-electron chi connectivity index (χ4n) is 3.81. The molecule has 1 atom stereocenters. The Morgan fingerprint density at radius 1 is 0.962 bits per heavy atom. The van der Waals surface area contributed by atoms with Crippen molar-refractivity contribution in [2.75, 3.05) is 13.2 Å². The summed E-state index contributed by atoms with van der Waals surface area (Å²) in [5, 5.41) is 3.69. The monoisotopic (exact) mass is 351 g/mol. The van der Waals surface area contributed by atoms with E-state index < -0.39 is 0 Å². The van der Waals surface area contributed by atoms with Gasteiger partial charge in [-0.2, -0.15) is 0 Å². The molecule has 0 bridgehead atoms. The van der Waals surface area contributed by atoms with E-state index in [2.05, 4.69) is 60.8 Å². The van der Waals surface area contributed by atoms with Crippen LogP contribution in [-0.4, -0.2) is 13.2 Å². The molecule has 1 N–H and O–H groups in total. The number of unbranched alkanes of at least 4 members (excludes halogenated alkanes) is 5. The Morgan fingerprint density at radius 3 is 2.62 bits per heavy atom. The summed E-state index contributed by atoms with van der Waals surface area (Å²) in [7, 11) is 0. The van der Waals surface area contributed by atoms with E-state index in [1.54, 1.807) is 0 Å². The van der Waals surface area contributed by atoms with Gasteiger partial charge in [0.25, 0.3) is 0 Å². The molecule has 0 aromatic heterocycles. The predicted octanol–water partition coefficient (Wildman–Crippen LogP) is 5.86. The molecule has 3 rings (SSSR count). The van der Waals surface area contributed by atoms with E-state index in [0.29, 0.717) is 6.04 Å². The van der Waals surface area contributed by atoms with Gasteiger partial charge in [0, 0.05) is 6.04 Å². The van der Waals surface area contributed by atoms with Crippen molar-refractivity contribution in [2.24, 2.45) is 0 Å². The van der Waals surface area contributed by atoms with Gasteiger partial charge < -0.3 is 10.1 Å². The Morgan fingerprint density at radius 2 is 1.77 bits per heavy atom. The van der Waals surface area contributed by atoms with Gasteiger partial charge in [-0.15, -0.1) is 0 Å². The van der Waals surface area contributed by atoms with E-state index in [-0.39, 0.29) is 0 Å². The first-order valence-electron chi connectivity index (χ1n) is 10.4. The molecule has 0 fully saturated rings. The summed E-state index contributed by atoms with van der Waals surface area (Å²) in [6.07, 6.45) is 9.96. The summed E-state index contributed by atoms with van der Waals surface area (Å²) in [6.45, 7) is 4.16. The second kappa shape index (κ2) is 10.4. The van der Waals surface area contributed by atoms with Crippen LogP contribution in [0, 0.1) is 0 Å². The first kappa shape index (κ1) is 19.0. The highest BCUT2D eigenvalue weighted by Crippen LogP contribution is 2.29. The van der Waals surface area contributed by atoms with Crippen molar-refractivity contribution in [2.45, 2.75) is 64.3 Å². The summed E-state index contributed by atoms with van der Waals surface area (Å²) in [4.78, 5) is 0. The number of hydrogen-bond donors (Lipinski definition) is 1. The van der Waals surface area contributed by atoms with Crippen LogP contribution in [0.4, 0.5) is 0 Å². The van der Waals surface area contributed by atoms with Gasteiger partial charge >= 0.3 is 0 Å². The molecule has 2 heteroatoms. The first-order valence-corrected chi connectivity index (χ1v) is 10.4. The quantitative estimate of drug-likeness (QED) is 0.542. The molecule has 0 amide bonds. The molecule has 1 aliphatic heterocycles. The van der Waals surface area contributed by atoms with Crippen molar-refractivity contribution in [1.29, 1.82) is 0 Å². The third kappa shape index (κ3) is 5.60. The van der Waals surface area contributed by atoms with E-state index in [1.807, 2.05) is 0 Å². The normalized spacial score (nSPS) is 16.3. The van der Waals surface area contributed by atoms with Crippen LogP contribution in [0.3, 0.4) is 0 Å². The van der Waals surface area contributed by atoms with Crippen molar-refractivity contribution < 1.29 is 4.74 Å². The van der Waals surface area contributed by atoms with Crippen molar-refractivity contribution in [3.8, 4) is 5.75 Å². The second-order valence-corrected chi connectivity index (χ2v) is 7.42. The van der Waals surface area contributed by atoms with E-state index in [4.69, 9.17) is 4.74 Å². The Bertz CT molecular complexity index is 653. The third-order valence-corrected chi connectivity index (χ3v) is 5.33. The zero-order chi connectivity index (χ0) is 18.0. The minimum absolute atomic E-state index is 0.388. The maximum absolute atomic E-state index is 6.05. The zero-order valence-electron chi connectivity index (χ0n) is 16.2. The molecule has 26 heavy (non-hydrogen) atoms. The van der Waals surface area contributed by atoms with Crippen LogP contribution < -0.4 is 10.1 Å². The molecule has 2 aromatic rings. The fourth-order valence-corrected chi connectivity index (χ4v) is 3.81. The molecule has 1 heterocycles. The van der Waals surface area contributed by atoms with Crippen LogP contribution in [0.1, 0.15) is 68.2 Å². The number of fused-ring (bicyclic) bond motifs is 1. The molecule has 2 nitrogen and oxygen atoms in total. The lowest BCUT2D eigenvalue weighted by Gasteiger charge is -2.27. The van der Waals surface area contributed by atoms with Crippen LogP contribution in [0.25, 0.3) is 0 Å². The number of hydrogen-bond acceptors (Lipinski definition) is 2. The lowest BCUT2D eigenvalue weighted by atomic mass is 9.90. The minimum Gasteiger partial charge on any atom is -0.494 e. The molecule has 1 aliphatic rings. The zero-order valence-corrected chi connectivity index (χ0v) is 16.2. The lowest BCUT2D eigenvalue weighted by molar-refractivity contribution is 0.303. The number of nitrogens with one attached hydrogen (secondary N) is 1. The van der Waals surface area contributed by atoms with Gasteiger partial charge in [-0.25, -0.2) is 0 Å². The average molecular weight is 352 g/mol. The van der Waals surface area contributed by atoms with E-state index in [1.165, 1.54) is 48.8 Å².